The van der Waals surface area contributed by atoms with Crippen LogP contribution in [-0.2, 0) is 0 Å². The quantitative estimate of drug-likeness (QED) is 0.834. The summed E-state index contributed by atoms with van der Waals surface area (Å²) in [5.74, 6) is 0.391. The average molecular weight is 366 g/mol. The largest absolute Gasteiger partial charge is 0.337 e. The van der Waals surface area contributed by atoms with Crippen LogP contribution in [0.15, 0.2) is 42.9 Å². The van der Waals surface area contributed by atoms with E-state index in [9.17, 15) is 9.59 Å². The zero-order chi connectivity index (χ0) is 19.2. The normalized spacial score (nSPS) is 15.9. The number of carbonyl (C=O) groups is 2. The maximum Gasteiger partial charge on any atom is 0.274 e. The fourth-order valence-electron chi connectivity index (χ4n) is 3.27. The second-order valence-electron chi connectivity index (χ2n) is 6.96. The molecule has 2 amide bonds. The van der Waals surface area contributed by atoms with E-state index in [0.717, 1.165) is 12.8 Å². The SMILES string of the molecule is CCC(C)c1ccc(C(=O)N2CCCN(C(=O)c3cnccn3)CC2)cc1. The lowest BCUT2D eigenvalue weighted by Crippen LogP contribution is -2.37. The van der Waals surface area contributed by atoms with Gasteiger partial charge >= 0.3 is 0 Å². The molecule has 1 atom stereocenters. The summed E-state index contributed by atoms with van der Waals surface area (Å²) in [4.78, 5) is 37.0. The summed E-state index contributed by atoms with van der Waals surface area (Å²) in [5, 5.41) is 0. The van der Waals surface area contributed by atoms with E-state index in [1.54, 1.807) is 11.1 Å². The van der Waals surface area contributed by atoms with Crippen LogP contribution < -0.4 is 0 Å². The van der Waals surface area contributed by atoms with E-state index in [1.807, 2.05) is 29.2 Å². The molecule has 0 saturated carbocycles. The molecule has 1 aromatic carbocycles. The molecule has 142 valence electrons. The molecule has 0 radical (unpaired) electrons. The smallest absolute Gasteiger partial charge is 0.274 e. The van der Waals surface area contributed by atoms with Crippen molar-refractivity contribution < 1.29 is 9.59 Å². The number of amides is 2. The lowest BCUT2D eigenvalue weighted by atomic mass is 9.97. The summed E-state index contributed by atoms with van der Waals surface area (Å²) in [5.41, 5.74) is 2.30. The van der Waals surface area contributed by atoms with Gasteiger partial charge in [-0.05, 0) is 36.5 Å². The molecule has 1 aromatic heterocycles. The fraction of sp³-hybridized carbons (Fsp3) is 0.429. The molecular weight excluding hydrogens is 340 g/mol. The van der Waals surface area contributed by atoms with Crippen molar-refractivity contribution in [1.82, 2.24) is 19.8 Å². The third kappa shape index (κ3) is 4.51. The van der Waals surface area contributed by atoms with Crippen molar-refractivity contribution >= 4 is 11.8 Å². The highest BCUT2D eigenvalue weighted by molar-refractivity contribution is 5.94. The van der Waals surface area contributed by atoms with E-state index in [1.165, 1.54) is 18.0 Å². The van der Waals surface area contributed by atoms with Crippen molar-refractivity contribution in [3.8, 4) is 0 Å². The van der Waals surface area contributed by atoms with Gasteiger partial charge in [0, 0.05) is 44.1 Å². The van der Waals surface area contributed by atoms with Crippen LogP contribution in [0, 0.1) is 0 Å². The Hall–Kier alpha value is -2.76. The Kier molecular flexibility index (Phi) is 6.16. The molecule has 0 bridgehead atoms. The van der Waals surface area contributed by atoms with Gasteiger partial charge in [0.05, 0.1) is 6.20 Å². The number of hydrogen-bond donors (Lipinski definition) is 0. The molecule has 6 nitrogen and oxygen atoms in total. The summed E-state index contributed by atoms with van der Waals surface area (Å²) in [6.45, 7) is 6.65. The van der Waals surface area contributed by atoms with Crippen molar-refractivity contribution in [2.45, 2.75) is 32.6 Å². The minimum absolute atomic E-state index is 0.0273. The number of carbonyl (C=O) groups excluding carboxylic acids is 2. The molecule has 3 rings (SSSR count). The standard InChI is InChI=1S/C21H26N4O2/c1-3-16(2)17-5-7-18(8-6-17)20(26)24-11-4-12-25(14-13-24)21(27)19-15-22-9-10-23-19/h5-10,15-16H,3-4,11-14H2,1-2H3. The molecule has 2 heterocycles. The molecule has 0 spiro atoms. The monoisotopic (exact) mass is 366 g/mol. The molecule has 1 aliphatic rings. The summed E-state index contributed by atoms with van der Waals surface area (Å²) >= 11 is 0. The average Bonchev–Trinajstić information content (AvgIpc) is 2.99. The second-order valence-corrected chi connectivity index (χ2v) is 6.96. The highest BCUT2D eigenvalue weighted by atomic mass is 16.2. The minimum Gasteiger partial charge on any atom is -0.337 e. The van der Waals surface area contributed by atoms with Crippen LogP contribution in [0.25, 0.3) is 0 Å². The van der Waals surface area contributed by atoms with Gasteiger partial charge in [-0.3, -0.25) is 14.6 Å². The molecule has 0 N–H and O–H groups in total. The van der Waals surface area contributed by atoms with Crippen LogP contribution in [0.5, 0.6) is 0 Å². The van der Waals surface area contributed by atoms with Crippen LogP contribution in [-0.4, -0.2) is 57.8 Å². The Morgan fingerprint density at radius 1 is 1.00 bits per heavy atom. The molecule has 1 fully saturated rings. The first-order valence-electron chi connectivity index (χ1n) is 9.54. The van der Waals surface area contributed by atoms with Gasteiger partial charge in [-0.15, -0.1) is 0 Å². The van der Waals surface area contributed by atoms with Gasteiger partial charge in [0.25, 0.3) is 11.8 Å². The van der Waals surface area contributed by atoms with E-state index in [-0.39, 0.29) is 11.8 Å². The Balaban J connectivity index is 1.63. The zero-order valence-corrected chi connectivity index (χ0v) is 16.0. The van der Waals surface area contributed by atoms with E-state index in [2.05, 4.69) is 23.8 Å². The van der Waals surface area contributed by atoms with Crippen molar-refractivity contribution in [2.75, 3.05) is 26.2 Å². The van der Waals surface area contributed by atoms with Crippen molar-refractivity contribution in [3.05, 3.63) is 59.7 Å². The molecule has 0 aliphatic carbocycles. The van der Waals surface area contributed by atoms with Crippen molar-refractivity contribution in [1.29, 1.82) is 0 Å². The van der Waals surface area contributed by atoms with Crippen molar-refractivity contribution in [2.24, 2.45) is 0 Å². The third-order valence-corrected chi connectivity index (χ3v) is 5.19. The topological polar surface area (TPSA) is 66.4 Å². The highest BCUT2D eigenvalue weighted by Crippen LogP contribution is 2.19. The first kappa shape index (κ1) is 19.0. The minimum atomic E-state index is -0.129. The number of nitrogens with zero attached hydrogens (tertiary/aromatic N) is 4. The first-order valence-corrected chi connectivity index (χ1v) is 9.54. The molecule has 1 saturated heterocycles. The Bertz CT molecular complexity index is 777. The van der Waals surface area contributed by atoms with E-state index in [0.29, 0.717) is 43.4 Å². The Morgan fingerprint density at radius 3 is 2.26 bits per heavy atom. The van der Waals surface area contributed by atoms with Gasteiger partial charge < -0.3 is 9.80 Å². The van der Waals surface area contributed by atoms with E-state index in [4.69, 9.17) is 0 Å². The lowest BCUT2D eigenvalue weighted by Gasteiger charge is -2.22. The molecule has 6 heteroatoms. The van der Waals surface area contributed by atoms with Gasteiger partial charge in [0.1, 0.15) is 5.69 Å². The number of aromatic nitrogens is 2. The maximum atomic E-state index is 12.8. The molecule has 1 unspecified atom stereocenters. The van der Waals surface area contributed by atoms with Gasteiger partial charge in [-0.1, -0.05) is 26.0 Å². The van der Waals surface area contributed by atoms with Crippen molar-refractivity contribution in [3.63, 3.8) is 0 Å². The Labute approximate surface area is 160 Å². The fourth-order valence-corrected chi connectivity index (χ4v) is 3.27. The van der Waals surface area contributed by atoms with Crippen LogP contribution in [0.1, 0.15) is 59.0 Å². The van der Waals surface area contributed by atoms with E-state index < -0.39 is 0 Å². The van der Waals surface area contributed by atoms with Crippen LogP contribution in [0.2, 0.25) is 0 Å². The Morgan fingerprint density at radius 2 is 1.67 bits per heavy atom. The van der Waals surface area contributed by atoms with Crippen LogP contribution >= 0.6 is 0 Å². The summed E-state index contributed by atoms with van der Waals surface area (Å²) < 4.78 is 0. The third-order valence-electron chi connectivity index (χ3n) is 5.19. The number of hydrogen-bond acceptors (Lipinski definition) is 4. The van der Waals surface area contributed by atoms with Crippen LogP contribution in [0.3, 0.4) is 0 Å². The van der Waals surface area contributed by atoms with E-state index >= 15 is 0 Å². The van der Waals surface area contributed by atoms with Gasteiger partial charge in [-0.25, -0.2) is 4.98 Å². The maximum absolute atomic E-state index is 12.8. The predicted molar refractivity (Wildman–Crippen MR) is 104 cm³/mol. The lowest BCUT2D eigenvalue weighted by molar-refractivity contribution is 0.0715. The predicted octanol–water partition coefficient (Wildman–Crippen LogP) is 2.98. The molecule has 1 aliphatic heterocycles. The van der Waals surface area contributed by atoms with Crippen LogP contribution in [0.4, 0.5) is 0 Å². The number of rotatable bonds is 4. The highest BCUT2D eigenvalue weighted by Gasteiger charge is 2.24. The molecular formula is C21H26N4O2. The molecule has 27 heavy (non-hydrogen) atoms. The van der Waals surface area contributed by atoms with Gasteiger partial charge in [0.15, 0.2) is 0 Å². The summed E-state index contributed by atoms with van der Waals surface area (Å²) in [6.07, 6.45) is 6.38. The first-order chi connectivity index (χ1) is 13.1. The number of benzene rings is 1. The molecule has 2 aromatic rings. The zero-order valence-electron chi connectivity index (χ0n) is 16.0. The second kappa shape index (κ2) is 8.75. The summed E-state index contributed by atoms with van der Waals surface area (Å²) in [7, 11) is 0. The van der Waals surface area contributed by atoms with Gasteiger partial charge in [0.2, 0.25) is 0 Å². The van der Waals surface area contributed by atoms with Gasteiger partial charge in [-0.2, -0.15) is 0 Å². The summed E-state index contributed by atoms with van der Waals surface area (Å²) in [6, 6.07) is 7.92.